The van der Waals surface area contributed by atoms with Gasteiger partial charge in [0.15, 0.2) is 9.84 Å². The number of anilines is 3. The van der Waals surface area contributed by atoms with Crippen molar-refractivity contribution in [2.24, 2.45) is 5.92 Å². The molecule has 2 heterocycles. The molecule has 166 valence electrons. The fourth-order valence-corrected chi connectivity index (χ4v) is 4.31. The molecule has 8 nitrogen and oxygen atoms in total. The van der Waals surface area contributed by atoms with E-state index >= 15 is 0 Å². The van der Waals surface area contributed by atoms with Crippen molar-refractivity contribution in [1.82, 2.24) is 4.98 Å². The molecular weight excluding hydrogens is 423 g/mol. The monoisotopic (exact) mass is 448 g/mol. The third-order valence-corrected chi connectivity index (χ3v) is 6.37. The van der Waals surface area contributed by atoms with Gasteiger partial charge >= 0.3 is 0 Å². The van der Waals surface area contributed by atoms with E-state index < -0.39 is 39.0 Å². The third-order valence-electron chi connectivity index (χ3n) is 4.97. The summed E-state index contributed by atoms with van der Waals surface area (Å²) in [5.41, 5.74) is 0.644. The van der Waals surface area contributed by atoms with Gasteiger partial charge in [0, 0.05) is 18.8 Å². The Balaban J connectivity index is 1.49. The molecule has 0 bridgehead atoms. The number of carbonyl (C=O) groups excluding carboxylic acids is 2. The highest BCUT2D eigenvalue weighted by molar-refractivity contribution is 7.92. The normalized spacial score (nSPS) is 14.8. The van der Waals surface area contributed by atoms with E-state index in [1.54, 1.807) is 12.1 Å². The van der Waals surface area contributed by atoms with Crippen LogP contribution >= 0.6 is 0 Å². The molecule has 0 atom stereocenters. The summed E-state index contributed by atoms with van der Waals surface area (Å²) in [6.07, 6.45) is 3.69. The predicted octanol–water partition coefficient (Wildman–Crippen LogP) is 2.45. The maximum absolute atomic E-state index is 12.9. The highest BCUT2D eigenvalue weighted by atomic mass is 32.2. The van der Waals surface area contributed by atoms with Crippen LogP contribution in [0.3, 0.4) is 0 Å². The van der Waals surface area contributed by atoms with E-state index in [1.165, 1.54) is 18.3 Å². The number of carbonyl (C=O) groups is 2. The molecule has 1 aromatic carbocycles. The van der Waals surface area contributed by atoms with Gasteiger partial charge in [-0.05, 0) is 55.2 Å². The van der Waals surface area contributed by atoms with Crippen molar-refractivity contribution in [2.45, 2.75) is 19.8 Å². The van der Waals surface area contributed by atoms with Crippen LogP contribution in [0.1, 0.15) is 19.8 Å². The van der Waals surface area contributed by atoms with Crippen molar-refractivity contribution < 1.29 is 22.4 Å². The summed E-state index contributed by atoms with van der Waals surface area (Å²) in [4.78, 5) is 30.6. The number of benzene rings is 1. The van der Waals surface area contributed by atoms with Gasteiger partial charge in [-0.1, -0.05) is 6.92 Å². The molecule has 2 N–H and O–H groups in total. The van der Waals surface area contributed by atoms with Gasteiger partial charge < -0.3 is 15.5 Å². The number of rotatable bonds is 7. The Morgan fingerprint density at radius 1 is 1.00 bits per heavy atom. The molecule has 1 aliphatic rings. The lowest BCUT2D eigenvalue weighted by Crippen LogP contribution is -2.33. The van der Waals surface area contributed by atoms with Crippen molar-refractivity contribution >= 4 is 38.8 Å². The van der Waals surface area contributed by atoms with Crippen molar-refractivity contribution in [3.63, 3.8) is 0 Å². The van der Waals surface area contributed by atoms with Gasteiger partial charge in [-0.25, -0.2) is 17.8 Å². The Kier molecular flexibility index (Phi) is 7.21. The molecule has 10 heteroatoms. The largest absolute Gasteiger partial charge is 0.357 e. The summed E-state index contributed by atoms with van der Waals surface area (Å²) in [7, 11) is -3.99. The Bertz CT molecular complexity index is 1020. The fraction of sp³-hybridized carbons (Fsp3) is 0.381. The minimum absolute atomic E-state index is 0.264. The molecule has 1 saturated heterocycles. The maximum atomic E-state index is 12.9. The standard InChI is InChI=1S/C21H25FN4O4S/c1-15-8-10-26(11-9-15)19-7-6-18(12-23-19)25-21(28)14-31(29,30)13-20(27)24-17-4-2-16(22)3-5-17/h2-7,12,15H,8-11,13-14H2,1H3,(H,24,27)(H,25,28). The molecular formula is C21H25FN4O4S. The topological polar surface area (TPSA) is 108 Å². The number of nitrogens with one attached hydrogen (secondary N) is 2. The number of nitrogens with zero attached hydrogens (tertiary/aromatic N) is 2. The van der Waals surface area contributed by atoms with E-state index in [9.17, 15) is 22.4 Å². The quantitative estimate of drug-likeness (QED) is 0.674. The predicted molar refractivity (Wildman–Crippen MR) is 117 cm³/mol. The van der Waals surface area contributed by atoms with E-state index in [4.69, 9.17) is 0 Å². The lowest BCUT2D eigenvalue weighted by atomic mass is 9.99. The first-order valence-corrected chi connectivity index (χ1v) is 11.8. The SMILES string of the molecule is CC1CCN(c2ccc(NC(=O)CS(=O)(=O)CC(=O)Nc3ccc(F)cc3)cn2)CC1. The molecule has 3 rings (SSSR count). The van der Waals surface area contributed by atoms with E-state index in [-0.39, 0.29) is 5.69 Å². The van der Waals surface area contributed by atoms with Crippen molar-refractivity contribution in [1.29, 1.82) is 0 Å². The number of aromatic nitrogens is 1. The van der Waals surface area contributed by atoms with Crippen molar-refractivity contribution in [3.8, 4) is 0 Å². The highest BCUT2D eigenvalue weighted by Crippen LogP contribution is 2.22. The van der Waals surface area contributed by atoms with Crippen LogP contribution in [0, 0.1) is 11.7 Å². The molecule has 0 saturated carbocycles. The Labute approximate surface area is 180 Å². The Morgan fingerprint density at radius 2 is 1.55 bits per heavy atom. The van der Waals surface area contributed by atoms with Gasteiger partial charge in [-0.3, -0.25) is 9.59 Å². The molecule has 0 unspecified atom stereocenters. The van der Waals surface area contributed by atoms with Crippen LogP contribution in [-0.4, -0.2) is 49.8 Å². The van der Waals surface area contributed by atoms with Crippen LogP contribution in [0.15, 0.2) is 42.6 Å². The number of sulfone groups is 1. The second-order valence-electron chi connectivity index (χ2n) is 7.71. The first-order valence-electron chi connectivity index (χ1n) is 9.97. The third kappa shape index (κ3) is 7.02. The van der Waals surface area contributed by atoms with Crippen molar-refractivity contribution in [2.75, 3.05) is 40.1 Å². The highest BCUT2D eigenvalue weighted by Gasteiger charge is 2.22. The molecule has 31 heavy (non-hydrogen) atoms. The zero-order valence-corrected chi connectivity index (χ0v) is 18.0. The minimum atomic E-state index is -3.99. The van der Waals surface area contributed by atoms with E-state index in [1.807, 2.05) is 0 Å². The van der Waals surface area contributed by atoms with Crippen LogP contribution in [0.2, 0.25) is 0 Å². The number of piperidine rings is 1. The van der Waals surface area contributed by atoms with E-state index in [0.717, 1.165) is 43.9 Å². The second-order valence-corrected chi connectivity index (χ2v) is 9.77. The molecule has 0 spiro atoms. The van der Waals surface area contributed by atoms with E-state index in [2.05, 4.69) is 27.4 Å². The van der Waals surface area contributed by atoms with Gasteiger partial charge in [-0.15, -0.1) is 0 Å². The average molecular weight is 449 g/mol. The van der Waals surface area contributed by atoms with E-state index in [0.29, 0.717) is 11.6 Å². The fourth-order valence-electron chi connectivity index (χ4n) is 3.26. The van der Waals surface area contributed by atoms with Gasteiger partial charge in [0.1, 0.15) is 23.1 Å². The first-order chi connectivity index (χ1) is 14.7. The van der Waals surface area contributed by atoms with Crippen LogP contribution in [0.5, 0.6) is 0 Å². The van der Waals surface area contributed by atoms with Gasteiger partial charge in [-0.2, -0.15) is 0 Å². The molecule has 1 fully saturated rings. The average Bonchev–Trinajstić information content (AvgIpc) is 2.70. The van der Waals surface area contributed by atoms with Crippen LogP contribution in [-0.2, 0) is 19.4 Å². The smallest absolute Gasteiger partial charge is 0.239 e. The van der Waals surface area contributed by atoms with Gasteiger partial charge in [0.05, 0.1) is 11.9 Å². The summed E-state index contributed by atoms with van der Waals surface area (Å²) in [5.74, 6) is -2.21. The zero-order valence-electron chi connectivity index (χ0n) is 17.2. The number of halogens is 1. The van der Waals surface area contributed by atoms with Crippen LogP contribution in [0.25, 0.3) is 0 Å². The number of amides is 2. The Morgan fingerprint density at radius 3 is 2.10 bits per heavy atom. The van der Waals surface area contributed by atoms with Gasteiger partial charge in [0.2, 0.25) is 11.8 Å². The first kappa shape index (κ1) is 22.7. The summed E-state index contributed by atoms with van der Waals surface area (Å²) < 4.78 is 37.2. The van der Waals surface area contributed by atoms with Crippen LogP contribution < -0.4 is 15.5 Å². The summed E-state index contributed by atoms with van der Waals surface area (Å²) in [6, 6.07) is 8.37. The van der Waals surface area contributed by atoms with Gasteiger partial charge in [0.25, 0.3) is 0 Å². The molecule has 1 aliphatic heterocycles. The molecule has 2 aromatic rings. The lowest BCUT2D eigenvalue weighted by Gasteiger charge is -2.31. The maximum Gasteiger partial charge on any atom is 0.239 e. The Hall–Kier alpha value is -3.01. The summed E-state index contributed by atoms with van der Waals surface area (Å²) >= 11 is 0. The zero-order chi connectivity index (χ0) is 22.4. The lowest BCUT2D eigenvalue weighted by molar-refractivity contribution is -0.114. The second kappa shape index (κ2) is 9.86. The minimum Gasteiger partial charge on any atom is -0.357 e. The molecule has 1 aromatic heterocycles. The number of hydrogen-bond donors (Lipinski definition) is 2. The molecule has 0 radical (unpaired) electrons. The molecule has 2 amide bonds. The summed E-state index contributed by atoms with van der Waals surface area (Å²) in [5, 5.41) is 4.85. The number of pyridine rings is 1. The van der Waals surface area contributed by atoms with Crippen molar-refractivity contribution in [3.05, 3.63) is 48.4 Å². The molecule has 0 aliphatic carbocycles. The summed E-state index contributed by atoms with van der Waals surface area (Å²) in [6.45, 7) is 4.08. The van der Waals surface area contributed by atoms with Crippen LogP contribution in [0.4, 0.5) is 21.6 Å². The number of hydrogen-bond acceptors (Lipinski definition) is 6.